The molecule has 1 aromatic rings. The predicted molar refractivity (Wildman–Crippen MR) is 78.9 cm³/mol. The van der Waals surface area contributed by atoms with Gasteiger partial charge in [0.25, 0.3) is 0 Å². The van der Waals surface area contributed by atoms with Crippen LogP contribution in [0.15, 0.2) is 30.3 Å². The molecule has 0 aliphatic carbocycles. The summed E-state index contributed by atoms with van der Waals surface area (Å²) in [6.07, 6.45) is -0.967. The average molecular weight is 307 g/mol. The van der Waals surface area contributed by atoms with E-state index in [0.29, 0.717) is 6.42 Å². The van der Waals surface area contributed by atoms with Gasteiger partial charge in [0, 0.05) is 13.1 Å². The minimum absolute atomic E-state index is 0.163. The van der Waals surface area contributed by atoms with Gasteiger partial charge in [-0.3, -0.25) is 4.79 Å². The van der Waals surface area contributed by atoms with Crippen molar-refractivity contribution in [3.8, 4) is 0 Å². The van der Waals surface area contributed by atoms with E-state index in [1.54, 1.807) is 6.92 Å². The van der Waals surface area contributed by atoms with Gasteiger partial charge in [-0.15, -0.1) is 0 Å². The standard InChI is InChI=1S/C16H21NO5/c1-2-21-15(19)13-8-14(18)10-17(9-13)16(20)22-11-12-6-4-3-5-7-12/h3-7,13-14,18H,2,8-11H2,1H3/t13-,14+/m1/s1. The zero-order valence-electron chi connectivity index (χ0n) is 12.6. The highest BCUT2D eigenvalue weighted by atomic mass is 16.6. The van der Waals surface area contributed by atoms with Gasteiger partial charge >= 0.3 is 12.1 Å². The normalized spacial score (nSPS) is 21.3. The molecule has 1 N–H and O–H groups in total. The van der Waals surface area contributed by atoms with Crippen molar-refractivity contribution < 1.29 is 24.2 Å². The third-order valence-corrected chi connectivity index (χ3v) is 3.51. The van der Waals surface area contributed by atoms with Gasteiger partial charge in [-0.1, -0.05) is 30.3 Å². The summed E-state index contributed by atoms with van der Waals surface area (Å²) in [6.45, 7) is 2.55. The second kappa shape index (κ2) is 7.79. The molecule has 6 nitrogen and oxygen atoms in total. The zero-order chi connectivity index (χ0) is 15.9. The van der Waals surface area contributed by atoms with Crippen molar-refractivity contribution in [2.75, 3.05) is 19.7 Å². The molecule has 2 atom stereocenters. The van der Waals surface area contributed by atoms with Gasteiger partial charge in [0.15, 0.2) is 0 Å². The highest BCUT2D eigenvalue weighted by Crippen LogP contribution is 2.19. The molecule has 1 fully saturated rings. The van der Waals surface area contributed by atoms with E-state index < -0.39 is 18.1 Å². The number of esters is 1. The number of carbonyl (C=O) groups excluding carboxylic acids is 2. The van der Waals surface area contributed by atoms with Crippen molar-refractivity contribution in [2.24, 2.45) is 5.92 Å². The Bertz CT molecular complexity index is 505. The van der Waals surface area contributed by atoms with E-state index >= 15 is 0 Å². The molecule has 0 saturated carbocycles. The second-order valence-corrected chi connectivity index (χ2v) is 5.28. The van der Waals surface area contributed by atoms with E-state index in [9.17, 15) is 14.7 Å². The van der Waals surface area contributed by atoms with Crippen molar-refractivity contribution in [1.29, 1.82) is 0 Å². The van der Waals surface area contributed by atoms with Gasteiger partial charge in [0.1, 0.15) is 6.61 Å². The molecule has 1 amide bonds. The largest absolute Gasteiger partial charge is 0.466 e. The molecule has 1 saturated heterocycles. The van der Waals surface area contributed by atoms with E-state index in [-0.39, 0.29) is 32.3 Å². The highest BCUT2D eigenvalue weighted by Gasteiger charge is 2.34. The van der Waals surface area contributed by atoms with Crippen LogP contribution in [-0.2, 0) is 20.9 Å². The van der Waals surface area contributed by atoms with Crippen LogP contribution >= 0.6 is 0 Å². The third kappa shape index (κ3) is 4.46. The Hall–Kier alpha value is -2.08. The first-order valence-electron chi connectivity index (χ1n) is 7.40. The van der Waals surface area contributed by atoms with Crippen LogP contribution in [-0.4, -0.2) is 47.9 Å². The number of β-amino-alcohol motifs (C(OH)–C–C–N with tert-alkyl or cyclic N) is 1. The van der Waals surface area contributed by atoms with Crippen molar-refractivity contribution >= 4 is 12.1 Å². The number of carbonyl (C=O) groups is 2. The van der Waals surface area contributed by atoms with Crippen molar-refractivity contribution in [3.05, 3.63) is 35.9 Å². The maximum atomic E-state index is 12.1. The minimum Gasteiger partial charge on any atom is -0.466 e. The summed E-state index contributed by atoms with van der Waals surface area (Å²) in [5, 5.41) is 9.84. The summed E-state index contributed by atoms with van der Waals surface area (Å²) in [5.41, 5.74) is 0.885. The molecule has 1 aliphatic rings. The van der Waals surface area contributed by atoms with Gasteiger partial charge < -0.3 is 19.5 Å². The molecule has 120 valence electrons. The molecule has 1 aromatic carbocycles. The first-order valence-corrected chi connectivity index (χ1v) is 7.40. The predicted octanol–water partition coefficient (Wildman–Crippen LogP) is 1.57. The number of benzene rings is 1. The molecule has 0 bridgehead atoms. The van der Waals surface area contributed by atoms with E-state index in [0.717, 1.165) is 5.56 Å². The monoisotopic (exact) mass is 307 g/mol. The van der Waals surface area contributed by atoms with Crippen molar-refractivity contribution in [3.63, 3.8) is 0 Å². The lowest BCUT2D eigenvalue weighted by Crippen LogP contribution is -2.48. The van der Waals surface area contributed by atoms with Crippen LogP contribution in [0.1, 0.15) is 18.9 Å². The second-order valence-electron chi connectivity index (χ2n) is 5.28. The van der Waals surface area contributed by atoms with Crippen LogP contribution < -0.4 is 0 Å². The quantitative estimate of drug-likeness (QED) is 0.855. The molecule has 6 heteroatoms. The van der Waals surface area contributed by atoms with Gasteiger partial charge in [-0.25, -0.2) is 4.79 Å². The number of nitrogens with zero attached hydrogens (tertiary/aromatic N) is 1. The lowest BCUT2D eigenvalue weighted by atomic mass is 9.96. The fourth-order valence-corrected chi connectivity index (χ4v) is 2.46. The SMILES string of the molecule is CCOC(=O)[C@@H]1C[C@H](O)CN(C(=O)OCc2ccccc2)C1. The number of ether oxygens (including phenoxy) is 2. The van der Waals surface area contributed by atoms with E-state index in [2.05, 4.69) is 0 Å². The van der Waals surface area contributed by atoms with Crippen LogP contribution in [0.3, 0.4) is 0 Å². The molecular weight excluding hydrogens is 286 g/mol. The molecule has 1 aliphatic heterocycles. The molecule has 1 heterocycles. The van der Waals surface area contributed by atoms with E-state index in [4.69, 9.17) is 9.47 Å². The molecule has 22 heavy (non-hydrogen) atoms. The average Bonchev–Trinajstić information content (AvgIpc) is 2.53. The Morgan fingerprint density at radius 3 is 2.64 bits per heavy atom. The Morgan fingerprint density at radius 1 is 1.23 bits per heavy atom. The number of amides is 1. The number of hydrogen-bond donors (Lipinski definition) is 1. The lowest BCUT2D eigenvalue weighted by Gasteiger charge is -2.33. The van der Waals surface area contributed by atoms with Crippen LogP contribution in [0.25, 0.3) is 0 Å². The summed E-state index contributed by atoms with van der Waals surface area (Å²) in [7, 11) is 0. The van der Waals surface area contributed by atoms with Gasteiger partial charge in [0.2, 0.25) is 0 Å². The molecule has 0 radical (unpaired) electrons. The summed E-state index contributed by atoms with van der Waals surface area (Å²) in [4.78, 5) is 25.2. The van der Waals surface area contributed by atoms with Crippen molar-refractivity contribution in [1.82, 2.24) is 4.90 Å². The summed E-state index contributed by atoms with van der Waals surface area (Å²) in [5.74, 6) is -0.893. The third-order valence-electron chi connectivity index (χ3n) is 3.51. The van der Waals surface area contributed by atoms with Crippen LogP contribution in [0, 0.1) is 5.92 Å². The zero-order valence-corrected chi connectivity index (χ0v) is 12.6. The summed E-state index contributed by atoms with van der Waals surface area (Å²) >= 11 is 0. The van der Waals surface area contributed by atoms with Crippen LogP contribution in [0.4, 0.5) is 4.79 Å². The minimum atomic E-state index is -0.743. The Kier molecular flexibility index (Phi) is 5.77. The van der Waals surface area contributed by atoms with E-state index in [1.807, 2.05) is 30.3 Å². The maximum absolute atomic E-state index is 12.1. The Balaban J connectivity index is 1.89. The van der Waals surface area contributed by atoms with Gasteiger partial charge in [-0.05, 0) is 18.9 Å². The molecule has 0 unspecified atom stereocenters. The number of aliphatic hydroxyl groups excluding tert-OH is 1. The van der Waals surface area contributed by atoms with Crippen molar-refractivity contribution in [2.45, 2.75) is 26.1 Å². The van der Waals surface area contributed by atoms with Crippen LogP contribution in [0.2, 0.25) is 0 Å². The Morgan fingerprint density at radius 2 is 1.95 bits per heavy atom. The first-order chi connectivity index (χ1) is 10.6. The molecular formula is C16H21NO5. The highest BCUT2D eigenvalue weighted by molar-refractivity contribution is 5.75. The Labute approximate surface area is 129 Å². The summed E-state index contributed by atoms with van der Waals surface area (Å²) in [6, 6.07) is 9.34. The number of piperidine rings is 1. The lowest BCUT2D eigenvalue weighted by molar-refractivity contribution is -0.151. The topological polar surface area (TPSA) is 76.1 Å². The maximum Gasteiger partial charge on any atom is 0.410 e. The smallest absolute Gasteiger partial charge is 0.410 e. The fourth-order valence-electron chi connectivity index (χ4n) is 2.46. The number of hydrogen-bond acceptors (Lipinski definition) is 5. The molecule has 0 aromatic heterocycles. The number of likely N-dealkylation sites (tertiary alicyclic amines) is 1. The summed E-state index contributed by atoms with van der Waals surface area (Å²) < 4.78 is 10.2. The molecule has 0 spiro atoms. The van der Waals surface area contributed by atoms with Gasteiger partial charge in [0.05, 0.1) is 18.6 Å². The molecule has 2 rings (SSSR count). The number of rotatable bonds is 4. The first kappa shape index (κ1) is 16.3. The fraction of sp³-hybridized carbons (Fsp3) is 0.500. The van der Waals surface area contributed by atoms with E-state index in [1.165, 1.54) is 4.90 Å². The number of aliphatic hydroxyl groups is 1. The van der Waals surface area contributed by atoms with Gasteiger partial charge in [-0.2, -0.15) is 0 Å². The van der Waals surface area contributed by atoms with Crippen LogP contribution in [0.5, 0.6) is 0 Å².